The van der Waals surface area contributed by atoms with Crippen LogP contribution in [0.3, 0.4) is 0 Å². The lowest BCUT2D eigenvalue weighted by atomic mass is 9.84. The van der Waals surface area contributed by atoms with Crippen molar-refractivity contribution >= 4 is 33.0 Å². The molecule has 0 fully saturated rings. The normalized spacial score (nSPS) is 13.1. The third-order valence-electron chi connectivity index (χ3n) is 6.24. The zero-order chi connectivity index (χ0) is 24.6. The van der Waals surface area contributed by atoms with Crippen molar-refractivity contribution in [1.82, 2.24) is 4.83 Å². The molecule has 7 heteroatoms. The number of aryl methyl sites for hydroxylation is 1. The molecule has 1 aliphatic rings. The van der Waals surface area contributed by atoms with Crippen LogP contribution in [0.25, 0.3) is 0 Å². The third kappa shape index (κ3) is 4.20. The first-order chi connectivity index (χ1) is 16.9. The number of rotatable bonds is 5. The smallest absolute Gasteiger partial charge is 0.257 e. The second-order valence-corrected chi connectivity index (χ2v) is 10.2. The number of fused-ring (bicyclic) bond motifs is 2. The summed E-state index contributed by atoms with van der Waals surface area (Å²) in [5.74, 6) is -1.08. The second-order valence-electron chi connectivity index (χ2n) is 8.53. The first-order valence-electron chi connectivity index (χ1n) is 11.3. The number of benzene rings is 4. The van der Waals surface area contributed by atoms with Gasteiger partial charge in [-0.1, -0.05) is 72.3 Å². The van der Waals surface area contributed by atoms with Crippen LogP contribution in [0.5, 0.6) is 0 Å². The highest BCUT2D eigenvalue weighted by molar-refractivity contribution is 7.89. The van der Waals surface area contributed by atoms with E-state index in [1.54, 1.807) is 36.4 Å². The van der Waals surface area contributed by atoms with Crippen LogP contribution in [0.1, 0.15) is 22.6 Å². The summed E-state index contributed by atoms with van der Waals surface area (Å²) in [5, 5.41) is 1.15. The maximum atomic E-state index is 14.3. The van der Waals surface area contributed by atoms with Crippen LogP contribution in [0.2, 0.25) is 0 Å². The fourth-order valence-corrected chi connectivity index (χ4v) is 5.49. The number of carbonyl (C=O) groups excluding carboxylic acids is 1. The number of amides is 1. The number of nitrogens with zero attached hydrogens (tertiary/aromatic N) is 2. The van der Waals surface area contributed by atoms with E-state index < -0.39 is 15.9 Å². The molecule has 4 aromatic rings. The summed E-state index contributed by atoms with van der Waals surface area (Å²) in [5.41, 5.74) is 4.81. The minimum atomic E-state index is -4.03. The van der Waals surface area contributed by atoms with E-state index >= 15 is 0 Å². The number of hydrazine groups is 1. The minimum Gasteiger partial charge on any atom is -0.344 e. The van der Waals surface area contributed by atoms with Crippen molar-refractivity contribution in [2.24, 2.45) is 0 Å². The molecule has 0 spiro atoms. The van der Waals surface area contributed by atoms with Crippen LogP contribution in [0.15, 0.2) is 108 Å². The van der Waals surface area contributed by atoms with Crippen LogP contribution >= 0.6 is 0 Å². The quantitative estimate of drug-likeness (QED) is 0.399. The van der Waals surface area contributed by atoms with E-state index in [1.165, 1.54) is 12.1 Å². The Morgan fingerprint density at radius 2 is 1.29 bits per heavy atom. The monoisotopic (exact) mass is 483 g/mol. The molecule has 6 nitrogen and oxygen atoms in total. The fraction of sp³-hybridized carbons (Fsp3) is 0.107. The zero-order valence-electron chi connectivity index (χ0n) is 19.4. The standard InChI is InChI=1S/C28H25N3O3S/c1-20-16-18-22(19-17-20)35(33,34)29-31(21-10-4-3-5-11-21)28(32)27-23-12-6-8-14-25(23)30(2)26-15-9-7-13-24(26)27/h3-19,27,29H,1-2H3. The van der Waals surface area contributed by atoms with Crippen molar-refractivity contribution in [3.63, 3.8) is 0 Å². The SMILES string of the molecule is Cc1ccc(S(=O)(=O)NN(C(=O)C2c3ccccc3N(C)c3ccccc32)c2ccccc2)cc1. The molecule has 0 radical (unpaired) electrons. The predicted octanol–water partition coefficient (Wildman–Crippen LogP) is 5.13. The average Bonchev–Trinajstić information content (AvgIpc) is 2.88. The van der Waals surface area contributed by atoms with Gasteiger partial charge in [-0.25, -0.2) is 13.4 Å². The van der Waals surface area contributed by atoms with Gasteiger partial charge in [-0.2, -0.15) is 0 Å². The Morgan fingerprint density at radius 1 is 0.771 bits per heavy atom. The summed E-state index contributed by atoms with van der Waals surface area (Å²) >= 11 is 0. The maximum absolute atomic E-state index is 14.3. The van der Waals surface area contributed by atoms with Crippen molar-refractivity contribution in [2.45, 2.75) is 17.7 Å². The molecular formula is C28H25N3O3S. The first-order valence-corrected chi connectivity index (χ1v) is 12.7. The number of sulfonamides is 1. The second kappa shape index (κ2) is 9.02. The molecule has 0 atom stereocenters. The largest absolute Gasteiger partial charge is 0.344 e. The Labute approximate surface area is 205 Å². The number of hydrogen-bond acceptors (Lipinski definition) is 4. The van der Waals surface area contributed by atoms with E-state index in [0.29, 0.717) is 5.69 Å². The highest BCUT2D eigenvalue weighted by Gasteiger charge is 2.37. The van der Waals surface area contributed by atoms with Gasteiger partial charge in [0.1, 0.15) is 0 Å². The van der Waals surface area contributed by atoms with E-state index in [4.69, 9.17) is 0 Å². The predicted molar refractivity (Wildman–Crippen MR) is 138 cm³/mol. The summed E-state index contributed by atoms with van der Waals surface area (Å²) in [4.78, 5) is 19.0. The zero-order valence-corrected chi connectivity index (χ0v) is 20.2. The lowest BCUT2D eigenvalue weighted by Gasteiger charge is -2.36. The van der Waals surface area contributed by atoms with E-state index in [9.17, 15) is 13.2 Å². The molecule has 0 bridgehead atoms. The average molecular weight is 484 g/mol. The molecule has 0 saturated heterocycles. The van der Waals surface area contributed by atoms with Crippen LogP contribution in [0.4, 0.5) is 17.1 Å². The minimum absolute atomic E-state index is 0.0843. The highest BCUT2D eigenvalue weighted by atomic mass is 32.2. The molecule has 1 aliphatic heterocycles. The molecule has 4 aromatic carbocycles. The molecular weight excluding hydrogens is 458 g/mol. The summed E-state index contributed by atoms with van der Waals surface area (Å²) in [6.45, 7) is 1.89. The van der Waals surface area contributed by atoms with Gasteiger partial charge in [0.2, 0.25) is 0 Å². The van der Waals surface area contributed by atoms with Gasteiger partial charge in [-0.15, -0.1) is 4.83 Å². The number of anilines is 3. The van der Waals surface area contributed by atoms with Crippen LogP contribution in [-0.4, -0.2) is 21.4 Å². The highest BCUT2D eigenvalue weighted by Crippen LogP contribution is 2.45. The maximum Gasteiger partial charge on any atom is 0.257 e. The molecule has 0 unspecified atom stereocenters. The van der Waals surface area contributed by atoms with Gasteiger partial charge in [0.25, 0.3) is 15.9 Å². The Hall–Kier alpha value is -3.94. The molecule has 1 N–H and O–H groups in total. The van der Waals surface area contributed by atoms with E-state index in [1.807, 2.05) is 68.6 Å². The lowest BCUT2D eigenvalue weighted by Crippen LogP contribution is -2.49. The Balaban J connectivity index is 1.63. The van der Waals surface area contributed by atoms with Crippen LogP contribution < -0.4 is 14.7 Å². The molecule has 1 amide bonds. The van der Waals surface area contributed by atoms with Gasteiger partial charge in [-0.05, 0) is 54.4 Å². The molecule has 5 rings (SSSR count). The van der Waals surface area contributed by atoms with Crippen molar-refractivity contribution in [2.75, 3.05) is 17.0 Å². The van der Waals surface area contributed by atoms with Crippen molar-refractivity contribution in [3.05, 3.63) is 120 Å². The Morgan fingerprint density at radius 3 is 1.86 bits per heavy atom. The summed E-state index contributed by atoms with van der Waals surface area (Å²) in [7, 11) is -2.06. The topological polar surface area (TPSA) is 69.7 Å². The van der Waals surface area contributed by atoms with Gasteiger partial charge < -0.3 is 4.90 Å². The van der Waals surface area contributed by atoms with E-state index in [-0.39, 0.29) is 10.8 Å². The van der Waals surface area contributed by atoms with Gasteiger partial charge in [0, 0.05) is 18.4 Å². The Kier molecular flexibility index (Phi) is 5.88. The van der Waals surface area contributed by atoms with Gasteiger partial charge in [0.15, 0.2) is 0 Å². The number of hydrogen-bond donors (Lipinski definition) is 1. The lowest BCUT2D eigenvalue weighted by molar-refractivity contribution is -0.119. The molecule has 0 aromatic heterocycles. The number of carbonyl (C=O) groups is 1. The molecule has 0 aliphatic carbocycles. The van der Waals surface area contributed by atoms with Crippen LogP contribution in [0, 0.1) is 6.92 Å². The fourth-order valence-electron chi connectivity index (χ4n) is 4.46. The van der Waals surface area contributed by atoms with Crippen molar-refractivity contribution in [1.29, 1.82) is 0 Å². The van der Waals surface area contributed by atoms with E-state index in [0.717, 1.165) is 33.1 Å². The number of nitrogens with one attached hydrogen (secondary N) is 1. The van der Waals surface area contributed by atoms with Gasteiger partial charge in [0.05, 0.1) is 16.5 Å². The summed E-state index contributed by atoms with van der Waals surface area (Å²) in [6.07, 6.45) is 0. The molecule has 176 valence electrons. The van der Waals surface area contributed by atoms with Crippen molar-refractivity contribution in [3.8, 4) is 0 Å². The molecule has 35 heavy (non-hydrogen) atoms. The van der Waals surface area contributed by atoms with Gasteiger partial charge in [-0.3, -0.25) is 4.79 Å². The molecule has 1 heterocycles. The number of para-hydroxylation sites is 3. The van der Waals surface area contributed by atoms with Crippen LogP contribution in [-0.2, 0) is 14.8 Å². The van der Waals surface area contributed by atoms with E-state index in [2.05, 4.69) is 9.73 Å². The Bertz CT molecular complexity index is 1440. The van der Waals surface area contributed by atoms with Gasteiger partial charge >= 0.3 is 0 Å². The molecule has 0 saturated carbocycles. The summed E-state index contributed by atoms with van der Waals surface area (Å²) < 4.78 is 26.7. The first kappa shape index (κ1) is 22.8. The summed E-state index contributed by atoms with van der Waals surface area (Å²) in [6, 6.07) is 30.7. The third-order valence-corrected chi connectivity index (χ3v) is 7.56. The van der Waals surface area contributed by atoms with Crippen molar-refractivity contribution < 1.29 is 13.2 Å².